The topological polar surface area (TPSA) is 41.6 Å². The Hall–Kier alpha value is -3.11. The van der Waals surface area contributed by atoms with Gasteiger partial charge in [-0.25, -0.2) is 4.79 Å². The number of nitrogens with one attached hydrogen (secondary N) is 1. The summed E-state index contributed by atoms with van der Waals surface area (Å²) in [6.07, 6.45) is 5.84. The predicted molar refractivity (Wildman–Crippen MR) is 133 cm³/mol. The van der Waals surface area contributed by atoms with Gasteiger partial charge in [-0.3, -0.25) is 10.2 Å². The molecule has 0 saturated carbocycles. The van der Waals surface area contributed by atoms with E-state index in [1.54, 1.807) is 0 Å². The van der Waals surface area contributed by atoms with Crippen LogP contribution in [0.2, 0.25) is 0 Å². The monoisotopic (exact) mass is 440 g/mol. The van der Waals surface area contributed by atoms with E-state index in [-0.39, 0.29) is 6.61 Å². The first-order valence-electron chi connectivity index (χ1n) is 12.1. The Bertz CT molecular complexity index is 1090. The molecule has 5 rings (SSSR count). The van der Waals surface area contributed by atoms with Gasteiger partial charge in [-0.1, -0.05) is 60.7 Å². The van der Waals surface area contributed by atoms with Gasteiger partial charge in [-0.05, 0) is 85.5 Å². The zero-order chi connectivity index (χ0) is 22.6. The van der Waals surface area contributed by atoms with E-state index < -0.39 is 6.09 Å². The van der Waals surface area contributed by atoms with Crippen molar-refractivity contribution in [2.75, 3.05) is 11.9 Å². The summed E-state index contributed by atoms with van der Waals surface area (Å²) in [5, 5.41) is 2.81. The summed E-state index contributed by atoms with van der Waals surface area (Å²) in [6.45, 7) is 3.91. The van der Waals surface area contributed by atoms with Gasteiger partial charge in [0.05, 0.1) is 0 Å². The van der Waals surface area contributed by atoms with Crippen LogP contribution in [-0.4, -0.2) is 29.6 Å². The van der Waals surface area contributed by atoms with Gasteiger partial charge in [0.1, 0.15) is 6.61 Å². The molecule has 1 saturated heterocycles. The maximum absolute atomic E-state index is 12.1. The Kier molecular flexibility index (Phi) is 6.45. The predicted octanol–water partition coefficient (Wildman–Crippen LogP) is 6.44. The Labute approximate surface area is 196 Å². The number of carbonyl (C=O) groups excluding carboxylic acids is 1. The third-order valence-corrected chi connectivity index (χ3v) is 7.16. The number of ether oxygens (including phenoxy) is 1. The smallest absolute Gasteiger partial charge is 0.411 e. The number of rotatable bonds is 5. The van der Waals surface area contributed by atoms with Crippen LogP contribution < -0.4 is 5.32 Å². The van der Waals surface area contributed by atoms with Gasteiger partial charge >= 0.3 is 6.09 Å². The highest BCUT2D eigenvalue weighted by Gasteiger charge is 2.30. The van der Waals surface area contributed by atoms with Crippen LogP contribution >= 0.6 is 0 Å². The van der Waals surface area contributed by atoms with E-state index in [2.05, 4.69) is 47.5 Å². The Balaban J connectivity index is 1.19. The van der Waals surface area contributed by atoms with Crippen LogP contribution in [0.5, 0.6) is 0 Å². The van der Waals surface area contributed by atoms with Gasteiger partial charge in [-0.2, -0.15) is 0 Å². The molecule has 1 N–H and O–H groups in total. The molecule has 0 radical (unpaired) electrons. The molecular formula is C29H32N2O2. The zero-order valence-electron chi connectivity index (χ0n) is 19.3. The van der Waals surface area contributed by atoms with E-state index >= 15 is 0 Å². The van der Waals surface area contributed by atoms with Gasteiger partial charge in [0.25, 0.3) is 0 Å². The number of amides is 1. The molecule has 0 bridgehead atoms. The highest BCUT2D eigenvalue weighted by molar-refractivity contribution is 5.85. The van der Waals surface area contributed by atoms with Crippen LogP contribution in [0.25, 0.3) is 11.1 Å². The molecule has 0 spiro atoms. The Morgan fingerprint density at radius 2 is 1.76 bits per heavy atom. The van der Waals surface area contributed by atoms with E-state index in [1.807, 2.05) is 42.5 Å². The van der Waals surface area contributed by atoms with E-state index in [1.165, 1.54) is 48.9 Å². The highest BCUT2D eigenvalue weighted by atomic mass is 16.5. The van der Waals surface area contributed by atoms with Gasteiger partial charge in [0.2, 0.25) is 0 Å². The van der Waals surface area contributed by atoms with Gasteiger partial charge < -0.3 is 4.74 Å². The number of hydrogen-bond acceptors (Lipinski definition) is 3. The lowest BCUT2D eigenvalue weighted by atomic mass is 9.85. The molecule has 2 atom stereocenters. The van der Waals surface area contributed by atoms with Crippen molar-refractivity contribution in [3.63, 3.8) is 0 Å². The van der Waals surface area contributed by atoms with Crippen molar-refractivity contribution in [3.05, 3.63) is 89.5 Å². The molecule has 1 heterocycles. The Morgan fingerprint density at radius 3 is 2.52 bits per heavy atom. The summed E-state index contributed by atoms with van der Waals surface area (Å²) in [7, 11) is 0. The average Bonchev–Trinajstić information content (AvgIpc) is 3.29. The molecule has 1 amide bonds. The fourth-order valence-corrected chi connectivity index (χ4v) is 5.32. The number of nitrogens with zero attached hydrogens (tertiary/aromatic N) is 1. The lowest BCUT2D eigenvalue weighted by Gasteiger charge is -2.35. The van der Waals surface area contributed by atoms with Crippen molar-refractivity contribution in [1.29, 1.82) is 0 Å². The van der Waals surface area contributed by atoms with Crippen LogP contribution in [0.15, 0.2) is 72.8 Å². The van der Waals surface area contributed by atoms with Crippen molar-refractivity contribution >= 4 is 11.8 Å². The number of fused-ring (bicyclic) bond motifs is 1. The number of anilines is 1. The minimum absolute atomic E-state index is 0.261. The fourth-order valence-electron chi connectivity index (χ4n) is 5.32. The molecule has 1 fully saturated rings. The SMILES string of the molecule is CC1CCCN1C1CCc2cc(-c3ccc(NC(=O)OCc4ccccc4)cc3)ccc2C1. The molecule has 4 heteroatoms. The number of likely N-dealkylation sites (tertiary alicyclic amines) is 1. The standard InChI is InChI=1S/C29H32N2O2/c1-21-6-5-17-31(21)28-16-13-25-18-24(9-10-26(25)19-28)23-11-14-27(15-12-23)30-29(32)33-20-22-7-3-2-4-8-22/h2-4,7-12,14-15,18,21,28H,5-6,13,16-17,19-20H2,1H3,(H,30,32). The third-order valence-electron chi connectivity index (χ3n) is 7.16. The molecular weight excluding hydrogens is 408 g/mol. The van der Waals surface area contributed by atoms with Gasteiger partial charge in [0.15, 0.2) is 0 Å². The first kappa shape index (κ1) is 21.7. The molecule has 1 aliphatic heterocycles. The third kappa shape index (κ3) is 5.12. The second-order valence-electron chi connectivity index (χ2n) is 9.37. The van der Waals surface area contributed by atoms with Crippen molar-refractivity contribution in [2.24, 2.45) is 0 Å². The lowest BCUT2D eigenvalue weighted by molar-refractivity contribution is 0.155. The van der Waals surface area contributed by atoms with Crippen LogP contribution in [0, 0.1) is 0 Å². The summed E-state index contributed by atoms with van der Waals surface area (Å²) >= 11 is 0. The summed E-state index contributed by atoms with van der Waals surface area (Å²) in [6, 6.07) is 26.0. The minimum Gasteiger partial charge on any atom is -0.444 e. The fraction of sp³-hybridized carbons (Fsp3) is 0.345. The molecule has 4 nitrogen and oxygen atoms in total. The van der Waals surface area contributed by atoms with Crippen molar-refractivity contribution < 1.29 is 9.53 Å². The molecule has 33 heavy (non-hydrogen) atoms. The molecule has 170 valence electrons. The number of hydrogen-bond donors (Lipinski definition) is 1. The Morgan fingerprint density at radius 1 is 0.970 bits per heavy atom. The first-order chi connectivity index (χ1) is 16.2. The summed E-state index contributed by atoms with van der Waals surface area (Å²) in [5.41, 5.74) is 7.10. The van der Waals surface area contributed by atoms with Gasteiger partial charge in [-0.15, -0.1) is 0 Å². The van der Waals surface area contributed by atoms with E-state index in [0.717, 1.165) is 29.3 Å². The highest BCUT2D eigenvalue weighted by Crippen LogP contribution is 2.32. The molecule has 3 aromatic carbocycles. The minimum atomic E-state index is -0.442. The number of aryl methyl sites for hydroxylation is 1. The summed E-state index contributed by atoms with van der Waals surface area (Å²) < 4.78 is 5.31. The van der Waals surface area contributed by atoms with E-state index in [9.17, 15) is 4.79 Å². The van der Waals surface area contributed by atoms with Crippen molar-refractivity contribution in [3.8, 4) is 11.1 Å². The maximum atomic E-state index is 12.1. The van der Waals surface area contributed by atoms with Crippen molar-refractivity contribution in [1.82, 2.24) is 4.90 Å². The van der Waals surface area contributed by atoms with Crippen LogP contribution in [-0.2, 0) is 24.2 Å². The van der Waals surface area contributed by atoms with E-state index in [4.69, 9.17) is 4.74 Å². The summed E-state index contributed by atoms with van der Waals surface area (Å²) in [5.74, 6) is 0. The van der Waals surface area contributed by atoms with Crippen LogP contribution in [0.1, 0.15) is 42.9 Å². The van der Waals surface area contributed by atoms with Crippen LogP contribution in [0.4, 0.5) is 10.5 Å². The summed E-state index contributed by atoms with van der Waals surface area (Å²) in [4.78, 5) is 14.8. The normalized spacial score (nSPS) is 20.3. The zero-order valence-corrected chi connectivity index (χ0v) is 19.3. The van der Waals surface area contributed by atoms with Crippen LogP contribution in [0.3, 0.4) is 0 Å². The largest absolute Gasteiger partial charge is 0.444 e. The van der Waals surface area contributed by atoms with E-state index in [0.29, 0.717) is 6.04 Å². The first-order valence-corrected chi connectivity index (χ1v) is 12.1. The second kappa shape index (κ2) is 9.80. The quantitative estimate of drug-likeness (QED) is 0.496. The molecule has 0 aromatic heterocycles. The number of benzene rings is 3. The molecule has 2 unspecified atom stereocenters. The van der Waals surface area contributed by atoms with Crippen molar-refractivity contribution in [2.45, 2.75) is 57.7 Å². The second-order valence-corrected chi connectivity index (χ2v) is 9.37. The lowest BCUT2D eigenvalue weighted by Crippen LogP contribution is -2.41. The van der Waals surface area contributed by atoms with Gasteiger partial charge in [0, 0.05) is 17.8 Å². The average molecular weight is 441 g/mol. The molecule has 2 aliphatic rings. The molecule has 1 aliphatic carbocycles. The molecule has 3 aromatic rings. The number of carbonyl (C=O) groups is 1. The maximum Gasteiger partial charge on any atom is 0.411 e.